The number of amides is 2. The summed E-state index contributed by atoms with van der Waals surface area (Å²) >= 11 is 0. The van der Waals surface area contributed by atoms with Gasteiger partial charge in [0.2, 0.25) is 5.91 Å². The van der Waals surface area contributed by atoms with Gasteiger partial charge in [-0.2, -0.15) is 0 Å². The predicted octanol–water partition coefficient (Wildman–Crippen LogP) is 2.01. The van der Waals surface area contributed by atoms with E-state index in [4.69, 9.17) is 4.74 Å². The second-order valence-electron chi connectivity index (χ2n) is 6.08. The molecule has 26 heavy (non-hydrogen) atoms. The molecule has 3 rings (SSSR count). The van der Waals surface area contributed by atoms with Gasteiger partial charge in [0.25, 0.3) is 5.91 Å². The van der Waals surface area contributed by atoms with Gasteiger partial charge in [-0.25, -0.2) is 4.98 Å². The number of pyridine rings is 1. The molecule has 0 bridgehead atoms. The first-order valence-corrected chi connectivity index (χ1v) is 8.49. The Labute approximate surface area is 152 Å². The molecule has 1 aliphatic heterocycles. The zero-order valence-electron chi connectivity index (χ0n) is 14.9. The fraction of sp³-hybridized carbons (Fsp3) is 0.316. The van der Waals surface area contributed by atoms with Crippen LogP contribution >= 0.6 is 0 Å². The molecule has 0 spiro atoms. The fourth-order valence-electron chi connectivity index (χ4n) is 2.89. The second kappa shape index (κ2) is 7.86. The van der Waals surface area contributed by atoms with E-state index >= 15 is 0 Å². The van der Waals surface area contributed by atoms with Gasteiger partial charge in [-0.05, 0) is 24.3 Å². The summed E-state index contributed by atoms with van der Waals surface area (Å²) in [6, 6.07) is 10.7. The van der Waals surface area contributed by atoms with Crippen LogP contribution in [0.1, 0.15) is 17.3 Å². The molecule has 2 amide bonds. The lowest BCUT2D eigenvalue weighted by molar-refractivity contribution is -0.129. The minimum atomic E-state index is -0.204. The molecule has 136 valence electrons. The maximum atomic E-state index is 12.5. The highest BCUT2D eigenvalue weighted by Crippen LogP contribution is 2.19. The number of hydrogen-bond donors (Lipinski definition) is 1. The summed E-state index contributed by atoms with van der Waals surface area (Å²) in [4.78, 5) is 32.2. The molecule has 1 N–H and O–H groups in total. The molecule has 2 heterocycles. The van der Waals surface area contributed by atoms with Crippen LogP contribution in [0.4, 0.5) is 11.5 Å². The fourth-order valence-corrected chi connectivity index (χ4v) is 2.89. The van der Waals surface area contributed by atoms with Crippen LogP contribution < -0.4 is 15.0 Å². The van der Waals surface area contributed by atoms with Crippen molar-refractivity contribution in [2.75, 3.05) is 43.5 Å². The summed E-state index contributed by atoms with van der Waals surface area (Å²) in [5.41, 5.74) is 1.20. The summed E-state index contributed by atoms with van der Waals surface area (Å²) in [6.07, 6.45) is 1.63. The number of methoxy groups -OCH3 is 1. The number of rotatable bonds is 4. The Kier molecular flexibility index (Phi) is 5.36. The Morgan fingerprint density at radius 2 is 1.88 bits per heavy atom. The lowest BCUT2D eigenvalue weighted by Gasteiger charge is -2.35. The van der Waals surface area contributed by atoms with Crippen molar-refractivity contribution in [1.82, 2.24) is 9.88 Å². The van der Waals surface area contributed by atoms with Gasteiger partial charge >= 0.3 is 0 Å². The van der Waals surface area contributed by atoms with Gasteiger partial charge in [-0.3, -0.25) is 9.59 Å². The average Bonchev–Trinajstić information content (AvgIpc) is 2.68. The quantitative estimate of drug-likeness (QED) is 0.909. The van der Waals surface area contributed by atoms with Crippen LogP contribution in [-0.2, 0) is 4.79 Å². The van der Waals surface area contributed by atoms with Crippen LogP contribution in [-0.4, -0.2) is 55.0 Å². The summed E-state index contributed by atoms with van der Waals surface area (Å²) in [5.74, 6) is 1.31. The third-order valence-corrected chi connectivity index (χ3v) is 4.38. The highest BCUT2D eigenvalue weighted by Gasteiger charge is 2.20. The predicted molar refractivity (Wildman–Crippen MR) is 99.7 cm³/mol. The third-order valence-electron chi connectivity index (χ3n) is 4.38. The average molecular weight is 354 g/mol. The molecule has 1 fully saturated rings. The highest BCUT2D eigenvalue weighted by molar-refractivity contribution is 6.04. The number of piperazine rings is 1. The number of nitrogens with zero attached hydrogens (tertiary/aromatic N) is 3. The molecule has 0 aliphatic carbocycles. The van der Waals surface area contributed by atoms with Crippen molar-refractivity contribution in [3.63, 3.8) is 0 Å². The van der Waals surface area contributed by atoms with Gasteiger partial charge in [0.05, 0.1) is 7.11 Å². The Morgan fingerprint density at radius 1 is 1.12 bits per heavy atom. The van der Waals surface area contributed by atoms with Gasteiger partial charge in [-0.15, -0.1) is 0 Å². The van der Waals surface area contributed by atoms with E-state index in [1.807, 2.05) is 23.1 Å². The number of ether oxygens (including phenoxy) is 1. The second-order valence-corrected chi connectivity index (χ2v) is 6.08. The normalized spacial score (nSPS) is 14.1. The van der Waals surface area contributed by atoms with E-state index in [0.717, 1.165) is 5.82 Å². The molecule has 1 saturated heterocycles. The van der Waals surface area contributed by atoms with Crippen molar-refractivity contribution >= 4 is 23.3 Å². The zero-order valence-corrected chi connectivity index (χ0v) is 14.9. The largest absolute Gasteiger partial charge is 0.497 e. The molecule has 1 aromatic heterocycles. The standard InChI is InChI=1S/C19H22N4O3/c1-14(24)22-8-10-23(11-9-22)18-12-15(6-7-20-18)19(25)21-16-4-3-5-17(13-16)26-2/h3-7,12-13H,8-11H2,1-2H3,(H,21,25). The van der Waals surface area contributed by atoms with Crippen LogP contribution in [0.5, 0.6) is 5.75 Å². The highest BCUT2D eigenvalue weighted by atomic mass is 16.5. The van der Waals surface area contributed by atoms with Crippen LogP contribution in [0, 0.1) is 0 Å². The third kappa shape index (κ3) is 4.11. The Balaban J connectivity index is 1.68. The van der Waals surface area contributed by atoms with Crippen molar-refractivity contribution in [2.24, 2.45) is 0 Å². The minimum Gasteiger partial charge on any atom is -0.497 e. The van der Waals surface area contributed by atoms with Crippen LogP contribution in [0.25, 0.3) is 0 Å². The molecule has 0 atom stereocenters. The molecule has 0 unspecified atom stereocenters. The number of benzene rings is 1. The number of hydrogen-bond acceptors (Lipinski definition) is 5. The summed E-state index contributed by atoms with van der Waals surface area (Å²) < 4.78 is 5.17. The number of aromatic nitrogens is 1. The number of carbonyl (C=O) groups excluding carboxylic acids is 2. The molecule has 7 nitrogen and oxygen atoms in total. The molecule has 2 aromatic rings. The van der Waals surface area contributed by atoms with Crippen LogP contribution in [0.2, 0.25) is 0 Å². The summed E-state index contributed by atoms with van der Waals surface area (Å²) in [7, 11) is 1.59. The Morgan fingerprint density at radius 3 is 2.58 bits per heavy atom. The first-order chi connectivity index (χ1) is 12.6. The van der Waals surface area contributed by atoms with E-state index in [2.05, 4.69) is 15.2 Å². The van der Waals surface area contributed by atoms with E-state index in [1.165, 1.54) is 0 Å². The summed E-state index contributed by atoms with van der Waals surface area (Å²) in [6.45, 7) is 4.31. The molecular weight excluding hydrogens is 332 g/mol. The van der Waals surface area contributed by atoms with Crippen LogP contribution in [0.3, 0.4) is 0 Å². The summed E-state index contributed by atoms with van der Waals surface area (Å²) in [5, 5.41) is 2.87. The number of anilines is 2. The van der Waals surface area contributed by atoms with Gasteiger partial charge < -0.3 is 19.9 Å². The van der Waals surface area contributed by atoms with Gasteiger partial charge in [0.15, 0.2) is 0 Å². The van der Waals surface area contributed by atoms with E-state index in [1.54, 1.807) is 38.4 Å². The molecule has 1 aliphatic rings. The van der Waals surface area contributed by atoms with E-state index in [-0.39, 0.29) is 11.8 Å². The Bertz CT molecular complexity index is 801. The zero-order chi connectivity index (χ0) is 18.5. The lowest BCUT2D eigenvalue weighted by atomic mass is 10.2. The monoisotopic (exact) mass is 354 g/mol. The van der Waals surface area contributed by atoms with Gasteiger partial charge in [0, 0.05) is 56.6 Å². The van der Waals surface area contributed by atoms with E-state index in [0.29, 0.717) is 43.2 Å². The maximum Gasteiger partial charge on any atom is 0.255 e. The lowest BCUT2D eigenvalue weighted by Crippen LogP contribution is -2.48. The number of carbonyl (C=O) groups is 2. The van der Waals surface area contributed by atoms with Crippen molar-refractivity contribution in [2.45, 2.75) is 6.92 Å². The molecule has 0 saturated carbocycles. The maximum absolute atomic E-state index is 12.5. The molecule has 7 heteroatoms. The minimum absolute atomic E-state index is 0.0871. The van der Waals surface area contributed by atoms with Crippen molar-refractivity contribution < 1.29 is 14.3 Å². The van der Waals surface area contributed by atoms with Gasteiger partial charge in [0.1, 0.15) is 11.6 Å². The van der Waals surface area contributed by atoms with E-state index < -0.39 is 0 Å². The molecular formula is C19H22N4O3. The topological polar surface area (TPSA) is 74.8 Å². The molecule has 0 radical (unpaired) electrons. The van der Waals surface area contributed by atoms with Crippen molar-refractivity contribution in [3.8, 4) is 5.75 Å². The SMILES string of the molecule is COc1cccc(NC(=O)c2ccnc(N3CCN(C(C)=O)CC3)c2)c1. The van der Waals surface area contributed by atoms with Crippen LogP contribution in [0.15, 0.2) is 42.6 Å². The first kappa shape index (κ1) is 17.7. The first-order valence-electron chi connectivity index (χ1n) is 8.49. The smallest absolute Gasteiger partial charge is 0.255 e. The van der Waals surface area contributed by atoms with Gasteiger partial charge in [-0.1, -0.05) is 6.07 Å². The van der Waals surface area contributed by atoms with Crippen molar-refractivity contribution in [1.29, 1.82) is 0 Å². The van der Waals surface area contributed by atoms with Crippen molar-refractivity contribution in [3.05, 3.63) is 48.2 Å². The van der Waals surface area contributed by atoms with E-state index in [9.17, 15) is 9.59 Å². The number of nitrogens with one attached hydrogen (secondary N) is 1. The molecule has 1 aromatic carbocycles. The Hall–Kier alpha value is -3.09.